The van der Waals surface area contributed by atoms with Gasteiger partial charge in [-0.15, -0.1) is 0 Å². The molecule has 3 nitrogen and oxygen atoms in total. The number of benzene rings is 1. The number of aryl methyl sites for hydroxylation is 1. The quantitative estimate of drug-likeness (QED) is 0.805. The minimum absolute atomic E-state index is 0.299. The molecule has 0 radical (unpaired) electrons. The fourth-order valence-electron chi connectivity index (χ4n) is 5.90. The number of nitrogens with one attached hydrogen (secondary N) is 1. The monoisotopic (exact) mass is 368 g/mol. The van der Waals surface area contributed by atoms with Gasteiger partial charge in [0.05, 0.1) is 0 Å². The first-order valence-electron chi connectivity index (χ1n) is 11.3. The molecule has 2 heterocycles. The summed E-state index contributed by atoms with van der Waals surface area (Å²) >= 11 is 0. The van der Waals surface area contributed by atoms with Gasteiger partial charge < -0.3 is 10.2 Å². The lowest BCUT2D eigenvalue weighted by molar-refractivity contribution is 0.0585. The molecule has 0 bridgehead atoms. The largest absolute Gasteiger partial charge is 0.331 e. The van der Waals surface area contributed by atoms with E-state index in [9.17, 15) is 4.79 Å². The molecule has 1 amide bonds. The number of rotatable bonds is 5. The predicted molar refractivity (Wildman–Crippen MR) is 111 cm³/mol. The fourth-order valence-corrected chi connectivity index (χ4v) is 5.90. The van der Waals surface area contributed by atoms with E-state index >= 15 is 0 Å². The number of piperidine rings is 1. The molecule has 0 spiro atoms. The molecule has 2 aliphatic heterocycles. The second kappa shape index (κ2) is 8.34. The van der Waals surface area contributed by atoms with Gasteiger partial charge in [0.1, 0.15) is 0 Å². The minimum Gasteiger partial charge on any atom is -0.331 e. The molecule has 1 N–H and O–H groups in total. The highest BCUT2D eigenvalue weighted by Gasteiger charge is 2.37. The summed E-state index contributed by atoms with van der Waals surface area (Å²) in [5, 5.41) is 3.46. The zero-order valence-electron chi connectivity index (χ0n) is 17.2. The molecule has 1 unspecified atom stereocenters. The minimum atomic E-state index is 0.299. The summed E-state index contributed by atoms with van der Waals surface area (Å²) in [5.74, 6) is 1.80. The Kier molecular flexibility index (Phi) is 5.87. The maximum absolute atomic E-state index is 13.3. The second-order valence-electron chi connectivity index (χ2n) is 9.15. The van der Waals surface area contributed by atoms with Crippen molar-refractivity contribution in [1.29, 1.82) is 0 Å². The van der Waals surface area contributed by atoms with E-state index in [0.717, 1.165) is 37.5 Å². The lowest BCUT2D eigenvalue weighted by Crippen LogP contribution is -2.41. The van der Waals surface area contributed by atoms with Crippen molar-refractivity contribution in [2.24, 2.45) is 11.8 Å². The molecular weight excluding hydrogens is 332 g/mol. The van der Waals surface area contributed by atoms with E-state index in [2.05, 4.69) is 36.2 Å². The zero-order chi connectivity index (χ0) is 18.8. The van der Waals surface area contributed by atoms with Crippen LogP contribution in [0.1, 0.15) is 85.3 Å². The molecule has 1 aliphatic carbocycles. The topological polar surface area (TPSA) is 32.3 Å². The van der Waals surface area contributed by atoms with Gasteiger partial charge in [-0.3, -0.25) is 4.79 Å². The summed E-state index contributed by atoms with van der Waals surface area (Å²) in [6.07, 6.45) is 11.5. The van der Waals surface area contributed by atoms with Gasteiger partial charge in [0, 0.05) is 18.2 Å². The molecule has 1 saturated heterocycles. The van der Waals surface area contributed by atoms with Crippen molar-refractivity contribution >= 4 is 5.91 Å². The Morgan fingerprint density at radius 3 is 2.56 bits per heavy atom. The van der Waals surface area contributed by atoms with Gasteiger partial charge in [-0.25, -0.2) is 0 Å². The van der Waals surface area contributed by atoms with Crippen LogP contribution in [0.4, 0.5) is 0 Å². The second-order valence-corrected chi connectivity index (χ2v) is 9.15. The Hall–Kier alpha value is -1.35. The van der Waals surface area contributed by atoms with Crippen molar-refractivity contribution in [1.82, 2.24) is 10.2 Å². The van der Waals surface area contributed by atoms with Crippen molar-refractivity contribution in [3.05, 3.63) is 34.4 Å². The standard InChI is InChI=1S/C24H36N2O/c1-3-22(20-7-5-4-6-8-20)26-16-21-15-19(13-17(2)23(21)24(26)27)14-18-9-11-25-12-10-18/h13,15,18,20,22,25H,3-12,14,16H2,1-2H3. The Bertz CT molecular complexity index is 671. The third kappa shape index (κ3) is 3.94. The number of carbonyl (C=O) groups excluding carboxylic acids is 1. The van der Waals surface area contributed by atoms with Crippen molar-refractivity contribution in [3.8, 4) is 0 Å². The smallest absolute Gasteiger partial charge is 0.255 e. The van der Waals surface area contributed by atoms with Gasteiger partial charge in [-0.2, -0.15) is 0 Å². The van der Waals surface area contributed by atoms with E-state index in [0.29, 0.717) is 17.9 Å². The molecule has 1 saturated carbocycles. The Labute approximate surface area is 164 Å². The number of amides is 1. The normalized spacial score (nSPS) is 22.9. The third-order valence-electron chi connectivity index (χ3n) is 7.29. The highest BCUT2D eigenvalue weighted by molar-refractivity contribution is 6.00. The van der Waals surface area contributed by atoms with Crippen molar-refractivity contribution in [2.75, 3.05) is 13.1 Å². The Morgan fingerprint density at radius 1 is 1.11 bits per heavy atom. The molecule has 27 heavy (non-hydrogen) atoms. The number of hydrogen-bond acceptors (Lipinski definition) is 2. The highest BCUT2D eigenvalue weighted by Crippen LogP contribution is 2.36. The van der Waals surface area contributed by atoms with Crippen molar-refractivity contribution in [2.45, 2.75) is 84.2 Å². The number of nitrogens with zero attached hydrogens (tertiary/aromatic N) is 1. The first-order chi connectivity index (χ1) is 13.2. The lowest BCUT2D eigenvalue weighted by atomic mass is 9.82. The molecule has 1 aromatic carbocycles. The van der Waals surface area contributed by atoms with Gasteiger partial charge in [-0.05, 0) is 87.1 Å². The van der Waals surface area contributed by atoms with Gasteiger partial charge in [0.2, 0.25) is 0 Å². The third-order valence-corrected chi connectivity index (χ3v) is 7.29. The Morgan fingerprint density at radius 2 is 1.85 bits per heavy atom. The van der Waals surface area contributed by atoms with Crippen LogP contribution in [-0.2, 0) is 13.0 Å². The van der Waals surface area contributed by atoms with Crippen LogP contribution in [0.3, 0.4) is 0 Å². The van der Waals surface area contributed by atoms with Gasteiger partial charge in [0.15, 0.2) is 0 Å². The number of carbonyl (C=O) groups is 1. The molecule has 3 aliphatic rings. The summed E-state index contributed by atoms with van der Waals surface area (Å²) in [5.41, 5.74) is 4.94. The number of hydrogen-bond donors (Lipinski definition) is 1. The fraction of sp³-hybridized carbons (Fsp3) is 0.708. The van der Waals surface area contributed by atoms with Crippen LogP contribution in [0.5, 0.6) is 0 Å². The SMILES string of the molecule is CCC(C1CCCCC1)N1Cc2cc(CC3CCNCC3)cc(C)c2C1=O. The van der Waals surface area contributed by atoms with Crippen molar-refractivity contribution < 1.29 is 4.79 Å². The molecule has 3 heteroatoms. The van der Waals surface area contributed by atoms with E-state index < -0.39 is 0 Å². The van der Waals surface area contributed by atoms with Crippen LogP contribution in [0, 0.1) is 18.8 Å². The van der Waals surface area contributed by atoms with Crippen LogP contribution >= 0.6 is 0 Å². The Balaban J connectivity index is 1.52. The van der Waals surface area contributed by atoms with E-state index in [-0.39, 0.29) is 0 Å². The molecule has 2 fully saturated rings. The zero-order valence-corrected chi connectivity index (χ0v) is 17.2. The van der Waals surface area contributed by atoms with Crippen molar-refractivity contribution in [3.63, 3.8) is 0 Å². The molecule has 0 aromatic heterocycles. The van der Waals surface area contributed by atoms with Crippen LogP contribution in [0.15, 0.2) is 12.1 Å². The molecule has 1 aromatic rings. The van der Waals surface area contributed by atoms with E-state index in [1.54, 1.807) is 0 Å². The summed E-state index contributed by atoms with van der Waals surface area (Å²) in [4.78, 5) is 15.5. The van der Waals surface area contributed by atoms with E-state index in [4.69, 9.17) is 0 Å². The first-order valence-corrected chi connectivity index (χ1v) is 11.3. The van der Waals surface area contributed by atoms with Gasteiger partial charge >= 0.3 is 0 Å². The highest BCUT2D eigenvalue weighted by atomic mass is 16.2. The van der Waals surface area contributed by atoms with Crippen LogP contribution < -0.4 is 5.32 Å². The molecule has 4 rings (SSSR count). The van der Waals surface area contributed by atoms with E-state index in [1.807, 2.05) is 0 Å². The van der Waals surface area contributed by atoms with Gasteiger partial charge in [-0.1, -0.05) is 38.3 Å². The van der Waals surface area contributed by atoms with Crippen LogP contribution in [0.2, 0.25) is 0 Å². The average Bonchev–Trinajstić information content (AvgIpc) is 3.01. The molecular formula is C24H36N2O. The average molecular weight is 369 g/mol. The predicted octanol–water partition coefficient (Wildman–Crippen LogP) is 4.85. The summed E-state index contributed by atoms with van der Waals surface area (Å²) in [6, 6.07) is 5.08. The summed E-state index contributed by atoms with van der Waals surface area (Å²) in [6.45, 7) is 7.56. The van der Waals surface area contributed by atoms with Crippen LogP contribution in [-0.4, -0.2) is 29.9 Å². The van der Waals surface area contributed by atoms with Gasteiger partial charge in [0.25, 0.3) is 5.91 Å². The maximum Gasteiger partial charge on any atom is 0.255 e. The first kappa shape index (κ1) is 19.0. The maximum atomic E-state index is 13.3. The molecule has 1 atom stereocenters. The summed E-state index contributed by atoms with van der Waals surface area (Å²) in [7, 11) is 0. The van der Waals surface area contributed by atoms with E-state index in [1.165, 1.54) is 68.1 Å². The molecule has 148 valence electrons. The lowest BCUT2D eigenvalue weighted by Gasteiger charge is -2.36. The number of fused-ring (bicyclic) bond motifs is 1. The summed E-state index contributed by atoms with van der Waals surface area (Å²) < 4.78 is 0. The van der Waals surface area contributed by atoms with Crippen LogP contribution in [0.25, 0.3) is 0 Å².